The van der Waals surface area contributed by atoms with Gasteiger partial charge in [0.25, 0.3) is 0 Å². The summed E-state index contributed by atoms with van der Waals surface area (Å²) in [5.41, 5.74) is 2.95. The minimum absolute atomic E-state index is 0.250. The van der Waals surface area contributed by atoms with Gasteiger partial charge in [0.2, 0.25) is 6.79 Å². The van der Waals surface area contributed by atoms with Gasteiger partial charge in [0, 0.05) is 0 Å². The van der Waals surface area contributed by atoms with E-state index in [1.54, 1.807) is 0 Å². The molecule has 6 heteroatoms. The molecule has 1 aliphatic rings. The maximum absolute atomic E-state index is 10.3. The third-order valence-corrected chi connectivity index (χ3v) is 4.25. The number of rotatable bonds is 6. The van der Waals surface area contributed by atoms with E-state index in [1.165, 1.54) is 0 Å². The molecule has 1 N–H and O–H groups in total. The molecule has 0 fully saturated rings. The molecular formula is C19H20N2O4. The van der Waals surface area contributed by atoms with Crippen LogP contribution in [0.5, 0.6) is 11.5 Å². The monoisotopic (exact) mass is 340 g/mol. The number of hydrogen-bond donors (Lipinski definition) is 1. The summed E-state index contributed by atoms with van der Waals surface area (Å²) in [7, 11) is 0. The molecule has 0 saturated carbocycles. The second-order valence-corrected chi connectivity index (χ2v) is 6.11. The van der Waals surface area contributed by atoms with Crippen molar-refractivity contribution in [3.05, 3.63) is 53.9 Å². The van der Waals surface area contributed by atoms with Gasteiger partial charge in [-0.15, -0.1) is 0 Å². The molecule has 6 nitrogen and oxygen atoms in total. The van der Waals surface area contributed by atoms with Crippen LogP contribution in [0.15, 0.2) is 42.5 Å². The normalized spacial score (nSPS) is 14.2. The molecule has 3 aromatic rings. The lowest BCUT2D eigenvalue weighted by Crippen LogP contribution is -2.22. The Morgan fingerprint density at radius 2 is 2.04 bits per heavy atom. The first kappa shape index (κ1) is 15.9. The fraction of sp³-hybridized carbons (Fsp3) is 0.316. The first-order chi connectivity index (χ1) is 12.2. The highest BCUT2D eigenvalue weighted by Gasteiger charge is 2.14. The molecule has 1 aliphatic heterocycles. The molecule has 130 valence electrons. The Bertz CT molecular complexity index is 890. The van der Waals surface area contributed by atoms with E-state index in [-0.39, 0.29) is 13.4 Å². The summed E-state index contributed by atoms with van der Waals surface area (Å²) in [6.07, 6.45) is -0.606. The highest BCUT2D eigenvalue weighted by atomic mass is 16.7. The van der Waals surface area contributed by atoms with Gasteiger partial charge >= 0.3 is 0 Å². The predicted octanol–water partition coefficient (Wildman–Crippen LogP) is 2.65. The number of imidazole rings is 1. The Balaban J connectivity index is 1.34. The topological polar surface area (TPSA) is 65.7 Å². The maximum Gasteiger partial charge on any atom is 0.231 e. The fourth-order valence-electron chi connectivity index (χ4n) is 3.03. The zero-order valence-corrected chi connectivity index (χ0v) is 14.0. The van der Waals surface area contributed by atoms with Crippen LogP contribution in [0.4, 0.5) is 0 Å². The standard InChI is InChI=1S/C19H20N2O4/c1-13-20-16-4-2-3-5-17(16)21(13)9-15(22)11-23-10-14-6-7-18-19(8-14)25-12-24-18/h2-8,15,22H,9-12H2,1H3. The van der Waals surface area contributed by atoms with Gasteiger partial charge in [-0.3, -0.25) is 0 Å². The molecule has 25 heavy (non-hydrogen) atoms. The van der Waals surface area contributed by atoms with E-state index in [2.05, 4.69) is 4.98 Å². The molecule has 0 bridgehead atoms. The number of aryl methyl sites for hydroxylation is 1. The summed E-state index contributed by atoms with van der Waals surface area (Å²) < 4.78 is 18.3. The van der Waals surface area contributed by atoms with Crippen molar-refractivity contribution in [2.75, 3.05) is 13.4 Å². The van der Waals surface area contributed by atoms with Crippen LogP contribution in [0.25, 0.3) is 11.0 Å². The molecule has 2 heterocycles. The number of aliphatic hydroxyl groups is 1. The lowest BCUT2D eigenvalue weighted by molar-refractivity contribution is 0.0206. The summed E-state index contributed by atoms with van der Waals surface area (Å²) in [4.78, 5) is 4.51. The maximum atomic E-state index is 10.3. The second-order valence-electron chi connectivity index (χ2n) is 6.11. The van der Waals surface area contributed by atoms with E-state index in [0.29, 0.717) is 13.2 Å². The number of para-hydroxylation sites is 2. The van der Waals surface area contributed by atoms with Crippen molar-refractivity contribution in [2.45, 2.75) is 26.2 Å². The smallest absolute Gasteiger partial charge is 0.231 e. The summed E-state index contributed by atoms with van der Waals surface area (Å²) in [5, 5.41) is 10.3. The molecule has 1 aromatic heterocycles. The number of aromatic nitrogens is 2. The van der Waals surface area contributed by atoms with Crippen molar-refractivity contribution in [3.63, 3.8) is 0 Å². The van der Waals surface area contributed by atoms with Gasteiger partial charge in [0.15, 0.2) is 11.5 Å². The SMILES string of the molecule is Cc1nc2ccccc2n1CC(O)COCc1ccc2c(c1)OCO2. The van der Waals surface area contributed by atoms with E-state index in [0.717, 1.165) is 33.9 Å². The zero-order chi connectivity index (χ0) is 17.2. The molecule has 0 amide bonds. The quantitative estimate of drug-likeness (QED) is 0.747. The van der Waals surface area contributed by atoms with Crippen LogP contribution in [0.3, 0.4) is 0 Å². The number of nitrogens with zero attached hydrogens (tertiary/aromatic N) is 2. The molecule has 1 unspecified atom stereocenters. The van der Waals surface area contributed by atoms with E-state index >= 15 is 0 Å². The van der Waals surface area contributed by atoms with Crippen LogP contribution in [-0.2, 0) is 17.9 Å². The Labute approximate surface area is 145 Å². The third kappa shape index (κ3) is 3.31. The largest absolute Gasteiger partial charge is 0.454 e. The molecule has 0 spiro atoms. The Morgan fingerprint density at radius 3 is 2.96 bits per heavy atom. The lowest BCUT2D eigenvalue weighted by atomic mass is 10.2. The molecule has 0 radical (unpaired) electrons. The van der Waals surface area contributed by atoms with Crippen LogP contribution in [0, 0.1) is 6.92 Å². The molecular weight excluding hydrogens is 320 g/mol. The van der Waals surface area contributed by atoms with Crippen LogP contribution >= 0.6 is 0 Å². The Hall–Kier alpha value is -2.57. The van der Waals surface area contributed by atoms with Gasteiger partial charge < -0.3 is 23.9 Å². The zero-order valence-electron chi connectivity index (χ0n) is 14.0. The van der Waals surface area contributed by atoms with Crippen LogP contribution in [0.2, 0.25) is 0 Å². The highest BCUT2D eigenvalue weighted by molar-refractivity contribution is 5.75. The third-order valence-electron chi connectivity index (χ3n) is 4.25. The van der Waals surface area contributed by atoms with Crippen LogP contribution in [-0.4, -0.2) is 34.2 Å². The highest BCUT2D eigenvalue weighted by Crippen LogP contribution is 2.32. The van der Waals surface area contributed by atoms with Crippen molar-refractivity contribution >= 4 is 11.0 Å². The van der Waals surface area contributed by atoms with E-state index < -0.39 is 6.10 Å². The molecule has 0 aliphatic carbocycles. The first-order valence-electron chi connectivity index (χ1n) is 8.27. The number of fused-ring (bicyclic) bond motifs is 2. The molecule has 1 atom stereocenters. The van der Waals surface area contributed by atoms with E-state index in [1.807, 2.05) is 54.0 Å². The number of benzene rings is 2. The summed E-state index contributed by atoms with van der Waals surface area (Å²) >= 11 is 0. The lowest BCUT2D eigenvalue weighted by Gasteiger charge is -2.14. The average molecular weight is 340 g/mol. The summed E-state index contributed by atoms with van der Waals surface area (Å²) in [5.74, 6) is 2.38. The van der Waals surface area contributed by atoms with Crippen molar-refractivity contribution in [2.24, 2.45) is 0 Å². The van der Waals surface area contributed by atoms with Crippen molar-refractivity contribution < 1.29 is 19.3 Å². The fourth-order valence-corrected chi connectivity index (χ4v) is 3.03. The van der Waals surface area contributed by atoms with Gasteiger partial charge in [-0.25, -0.2) is 4.98 Å². The summed E-state index contributed by atoms with van der Waals surface area (Å²) in [6.45, 7) is 3.32. The number of aliphatic hydroxyl groups excluding tert-OH is 1. The van der Waals surface area contributed by atoms with E-state index in [4.69, 9.17) is 14.2 Å². The minimum Gasteiger partial charge on any atom is -0.454 e. The second kappa shape index (κ2) is 6.74. The van der Waals surface area contributed by atoms with Gasteiger partial charge in [-0.05, 0) is 36.8 Å². The van der Waals surface area contributed by atoms with Crippen LogP contribution < -0.4 is 9.47 Å². The average Bonchev–Trinajstić information content (AvgIpc) is 3.19. The van der Waals surface area contributed by atoms with E-state index in [9.17, 15) is 5.11 Å². The van der Waals surface area contributed by atoms with Crippen molar-refractivity contribution in [1.82, 2.24) is 9.55 Å². The van der Waals surface area contributed by atoms with Crippen molar-refractivity contribution in [3.8, 4) is 11.5 Å². The molecule has 2 aromatic carbocycles. The van der Waals surface area contributed by atoms with Crippen LogP contribution in [0.1, 0.15) is 11.4 Å². The first-order valence-corrected chi connectivity index (χ1v) is 8.27. The van der Waals surface area contributed by atoms with Gasteiger partial charge in [0.1, 0.15) is 5.82 Å². The van der Waals surface area contributed by atoms with Crippen molar-refractivity contribution in [1.29, 1.82) is 0 Å². The minimum atomic E-state index is -0.606. The van der Waals surface area contributed by atoms with Gasteiger partial charge in [-0.1, -0.05) is 18.2 Å². The van der Waals surface area contributed by atoms with Gasteiger partial charge in [-0.2, -0.15) is 0 Å². The number of hydrogen-bond acceptors (Lipinski definition) is 5. The molecule has 0 saturated heterocycles. The Morgan fingerprint density at radius 1 is 1.20 bits per heavy atom. The molecule has 4 rings (SSSR count). The predicted molar refractivity (Wildman–Crippen MR) is 92.7 cm³/mol. The summed E-state index contributed by atoms with van der Waals surface area (Å²) in [6, 6.07) is 13.6. The Kier molecular flexibility index (Phi) is 4.29. The number of ether oxygens (including phenoxy) is 3. The van der Waals surface area contributed by atoms with Gasteiger partial charge in [0.05, 0.1) is 36.9 Å².